The van der Waals surface area contributed by atoms with Gasteiger partial charge in [-0.05, 0) is 49.9 Å². The van der Waals surface area contributed by atoms with E-state index in [4.69, 9.17) is 5.73 Å². The summed E-state index contributed by atoms with van der Waals surface area (Å²) >= 11 is 1.51. The molecule has 0 radical (unpaired) electrons. The molecule has 31 heavy (non-hydrogen) atoms. The first-order valence-corrected chi connectivity index (χ1v) is 12.1. The summed E-state index contributed by atoms with van der Waals surface area (Å²) in [4.78, 5) is 29.6. The highest BCUT2D eigenvalue weighted by molar-refractivity contribution is 7.98. The number of ketones is 1. The Bertz CT molecular complexity index is 867. The molecule has 0 aliphatic carbocycles. The molecule has 6 nitrogen and oxygen atoms in total. The maximum atomic E-state index is 12.6. The Morgan fingerprint density at radius 2 is 1.74 bits per heavy atom. The smallest absolute Gasteiger partial charge is 0.316 e. The summed E-state index contributed by atoms with van der Waals surface area (Å²) in [6, 6.07) is 15.4. The van der Waals surface area contributed by atoms with Crippen molar-refractivity contribution < 1.29 is 9.59 Å². The van der Waals surface area contributed by atoms with Crippen molar-refractivity contribution in [3.63, 3.8) is 0 Å². The number of thioether (sulfide) groups is 1. The van der Waals surface area contributed by atoms with Gasteiger partial charge in [-0.15, -0.1) is 11.8 Å². The predicted octanol–water partition coefficient (Wildman–Crippen LogP) is 4.46. The molecule has 1 saturated heterocycles. The SMILES string of the molecule is CSc1ccc(C(=O)CCCCCN2CCN(c3ccccc3)CC2)cc1NC(N)=O. The number of primary amides is 1. The number of urea groups is 1. The van der Waals surface area contributed by atoms with E-state index in [-0.39, 0.29) is 5.78 Å². The van der Waals surface area contributed by atoms with E-state index in [1.54, 1.807) is 6.07 Å². The van der Waals surface area contributed by atoms with E-state index in [0.29, 0.717) is 17.7 Å². The van der Waals surface area contributed by atoms with Gasteiger partial charge in [0.25, 0.3) is 0 Å². The van der Waals surface area contributed by atoms with Gasteiger partial charge in [-0.2, -0.15) is 0 Å². The molecular formula is C24H32N4O2S. The van der Waals surface area contributed by atoms with Gasteiger partial charge in [-0.3, -0.25) is 9.69 Å². The Hall–Kier alpha value is -2.51. The number of anilines is 2. The van der Waals surface area contributed by atoms with E-state index in [2.05, 4.69) is 45.4 Å². The summed E-state index contributed by atoms with van der Waals surface area (Å²) < 4.78 is 0. The van der Waals surface area contributed by atoms with E-state index in [1.165, 1.54) is 17.4 Å². The lowest BCUT2D eigenvalue weighted by atomic mass is 10.0. The summed E-state index contributed by atoms with van der Waals surface area (Å²) in [5.41, 5.74) is 7.76. The molecule has 166 valence electrons. The highest BCUT2D eigenvalue weighted by atomic mass is 32.2. The second-order valence-corrected chi connectivity index (χ2v) is 8.65. The van der Waals surface area contributed by atoms with Gasteiger partial charge in [0.05, 0.1) is 5.69 Å². The zero-order chi connectivity index (χ0) is 22.1. The number of nitrogens with two attached hydrogens (primary N) is 1. The summed E-state index contributed by atoms with van der Waals surface area (Å²) in [5.74, 6) is 0.108. The number of hydrogen-bond donors (Lipinski definition) is 2. The fourth-order valence-corrected chi connectivity index (χ4v) is 4.46. The molecule has 0 unspecified atom stereocenters. The van der Waals surface area contributed by atoms with Gasteiger partial charge in [-0.25, -0.2) is 4.79 Å². The standard InChI is InChI=1S/C24H32N4O2S/c1-31-23-12-11-19(18-21(23)26-24(25)30)22(29)10-6-3-7-13-27-14-16-28(17-15-27)20-8-4-2-5-9-20/h2,4-5,8-9,11-12,18H,3,6-7,10,13-17H2,1H3,(H3,25,26,30). The number of nitrogens with zero attached hydrogens (tertiary/aromatic N) is 2. The molecule has 0 atom stereocenters. The van der Waals surface area contributed by atoms with E-state index in [9.17, 15) is 9.59 Å². The van der Waals surface area contributed by atoms with Crippen molar-refractivity contribution >= 4 is 35.0 Å². The molecule has 1 heterocycles. The van der Waals surface area contributed by atoms with Crippen molar-refractivity contribution in [2.75, 3.05) is 49.2 Å². The van der Waals surface area contributed by atoms with Crippen LogP contribution in [0.15, 0.2) is 53.4 Å². The zero-order valence-electron chi connectivity index (χ0n) is 18.2. The number of nitrogens with one attached hydrogen (secondary N) is 1. The van der Waals surface area contributed by atoms with E-state index in [0.717, 1.165) is 56.9 Å². The van der Waals surface area contributed by atoms with Crippen LogP contribution in [0.1, 0.15) is 36.0 Å². The van der Waals surface area contributed by atoms with Crippen molar-refractivity contribution in [2.45, 2.75) is 30.6 Å². The van der Waals surface area contributed by atoms with Crippen molar-refractivity contribution in [3.05, 3.63) is 54.1 Å². The number of rotatable bonds is 10. The molecule has 1 fully saturated rings. The topological polar surface area (TPSA) is 78.7 Å². The summed E-state index contributed by atoms with van der Waals surface area (Å²) in [7, 11) is 0. The quantitative estimate of drug-likeness (QED) is 0.324. The number of Topliss-reactive ketones (excluding diaryl/α,β-unsaturated/α-hetero) is 1. The third kappa shape index (κ3) is 7.01. The lowest BCUT2D eigenvalue weighted by Gasteiger charge is -2.36. The molecule has 2 amide bonds. The van der Waals surface area contributed by atoms with Crippen LogP contribution in [0.4, 0.5) is 16.2 Å². The molecule has 7 heteroatoms. The molecule has 1 aliphatic heterocycles. The monoisotopic (exact) mass is 440 g/mol. The highest BCUT2D eigenvalue weighted by Gasteiger charge is 2.16. The molecule has 2 aromatic rings. The molecule has 0 bridgehead atoms. The zero-order valence-corrected chi connectivity index (χ0v) is 19.0. The molecule has 3 rings (SSSR count). The maximum Gasteiger partial charge on any atom is 0.316 e. The third-order valence-electron chi connectivity index (χ3n) is 5.65. The second kappa shape index (κ2) is 11.8. The summed E-state index contributed by atoms with van der Waals surface area (Å²) in [5, 5.41) is 2.60. The van der Waals surface area contributed by atoms with Crippen LogP contribution in [0.2, 0.25) is 0 Å². The average Bonchev–Trinajstić information content (AvgIpc) is 2.79. The van der Waals surface area contributed by atoms with Crippen molar-refractivity contribution in [1.29, 1.82) is 0 Å². The number of benzene rings is 2. The van der Waals surface area contributed by atoms with Crippen LogP contribution in [0.3, 0.4) is 0 Å². The lowest BCUT2D eigenvalue weighted by Crippen LogP contribution is -2.46. The van der Waals surface area contributed by atoms with Gasteiger partial charge < -0.3 is 16.0 Å². The van der Waals surface area contributed by atoms with Crippen molar-refractivity contribution in [3.8, 4) is 0 Å². The fraction of sp³-hybridized carbons (Fsp3) is 0.417. The Labute approximate surface area is 189 Å². The molecule has 3 N–H and O–H groups in total. The Kier molecular flexibility index (Phi) is 8.79. The molecule has 1 aliphatic rings. The molecule has 0 saturated carbocycles. The minimum atomic E-state index is -0.621. The highest BCUT2D eigenvalue weighted by Crippen LogP contribution is 2.27. The number of amides is 2. The normalized spacial score (nSPS) is 14.4. The van der Waals surface area contributed by atoms with E-state index in [1.807, 2.05) is 18.4 Å². The minimum absolute atomic E-state index is 0.108. The Balaban J connectivity index is 1.36. The van der Waals surface area contributed by atoms with Gasteiger partial charge in [0.15, 0.2) is 5.78 Å². The largest absolute Gasteiger partial charge is 0.369 e. The first-order chi connectivity index (χ1) is 15.1. The van der Waals surface area contributed by atoms with Gasteiger partial charge in [0, 0.05) is 48.7 Å². The van der Waals surface area contributed by atoms with Gasteiger partial charge >= 0.3 is 6.03 Å². The van der Waals surface area contributed by atoms with Crippen LogP contribution in [0.25, 0.3) is 0 Å². The second-order valence-electron chi connectivity index (χ2n) is 7.80. The first-order valence-electron chi connectivity index (χ1n) is 10.9. The fourth-order valence-electron chi connectivity index (χ4n) is 3.92. The molecule has 2 aromatic carbocycles. The minimum Gasteiger partial charge on any atom is -0.369 e. The van der Waals surface area contributed by atoms with Gasteiger partial charge in [0.2, 0.25) is 0 Å². The average molecular weight is 441 g/mol. The van der Waals surface area contributed by atoms with Crippen LogP contribution in [-0.4, -0.2) is 55.7 Å². The number of piperazine rings is 1. The van der Waals surface area contributed by atoms with Crippen LogP contribution in [-0.2, 0) is 0 Å². The number of unbranched alkanes of at least 4 members (excludes halogenated alkanes) is 2. The third-order valence-corrected chi connectivity index (χ3v) is 6.45. The summed E-state index contributed by atoms with van der Waals surface area (Å²) in [6.45, 7) is 5.40. The van der Waals surface area contributed by atoms with Crippen molar-refractivity contribution in [1.82, 2.24) is 4.90 Å². The van der Waals surface area contributed by atoms with Crippen molar-refractivity contribution in [2.24, 2.45) is 5.73 Å². The molecule has 0 spiro atoms. The Morgan fingerprint density at radius 3 is 2.42 bits per heavy atom. The van der Waals surface area contributed by atoms with E-state index < -0.39 is 6.03 Å². The van der Waals surface area contributed by atoms with Crippen LogP contribution in [0, 0.1) is 0 Å². The molecular weight excluding hydrogens is 408 g/mol. The van der Waals surface area contributed by atoms with Crippen LogP contribution >= 0.6 is 11.8 Å². The number of hydrogen-bond acceptors (Lipinski definition) is 5. The lowest BCUT2D eigenvalue weighted by molar-refractivity contribution is 0.0978. The number of carbonyl (C=O) groups excluding carboxylic acids is 2. The van der Waals surface area contributed by atoms with Crippen LogP contribution in [0.5, 0.6) is 0 Å². The van der Waals surface area contributed by atoms with Gasteiger partial charge in [0.1, 0.15) is 0 Å². The molecule has 0 aromatic heterocycles. The number of para-hydroxylation sites is 1. The summed E-state index contributed by atoms with van der Waals surface area (Å²) in [6.07, 6.45) is 5.48. The van der Waals surface area contributed by atoms with E-state index >= 15 is 0 Å². The maximum absolute atomic E-state index is 12.6. The first kappa shape index (κ1) is 23.2. The number of carbonyl (C=O) groups is 2. The van der Waals surface area contributed by atoms with Crippen LogP contribution < -0.4 is 16.0 Å². The van der Waals surface area contributed by atoms with Gasteiger partial charge in [-0.1, -0.05) is 30.7 Å². The predicted molar refractivity (Wildman–Crippen MR) is 129 cm³/mol. The Morgan fingerprint density at radius 1 is 1.00 bits per heavy atom.